The van der Waals surface area contributed by atoms with E-state index in [2.05, 4.69) is 33.1 Å². The van der Waals surface area contributed by atoms with Crippen molar-refractivity contribution in [2.24, 2.45) is 5.10 Å². The molecule has 0 unspecified atom stereocenters. The Morgan fingerprint density at radius 3 is 2.74 bits per heavy atom. The van der Waals surface area contributed by atoms with E-state index in [1.54, 1.807) is 25.5 Å². The lowest BCUT2D eigenvalue weighted by atomic mass is 10.2. The largest absolute Gasteiger partial charge is 0.493 e. The zero-order chi connectivity index (χ0) is 19.4. The highest BCUT2D eigenvalue weighted by molar-refractivity contribution is 14.1. The Bertz CT molecular complexity index is 962. The minimum absolute atomic E-state index is 0.0371. The average molecular weight is 478 g/mol. The van der Waals surface area contributed by atoms with Crippen molar-refractivity contribution in [1.82, 2.24) is 5.43 Å². The van der Waals surface area contributed by atoms with Crippen LogP contribution in [0.15, 0.2) is 52.0 Å². The second kappa shape index (κ2) is 8.43. The van der Waals surface area contributed by atoms with Crippen LogP contribution in [-0.2, 0) is 0 Å². The van der Waals surface area contributed by atoms with Crippen LogP contribution in [0.2, 0.25) is 0 Å². The lowest BCUT2D eigenvalue weighted by molar-refractivity contribution is 0.0929. The molecule has 0 radical (unpaired) electrons. The zero-order valence-electron chi connectivity index (χ0n) is 15.2. The van der Waals surface area contributed by atoms with Crippen molar-refractivity contribution in [3.05, 3.63) is 57.4 Å². The topological polar surface area (TPSA) is 73.1 Å². The number of ether oxygens (including phenoxy) is 2. The maximum absolute atomic E-state index is 12.2. The fourth-order valence-corrected chi connectivity index (χ4v) is 3.23. The Hall–Kier alpha value is -2.55. The molecule has 0 fully saturated rings. The van der Waals surface area contributed by atoms with Gasteiger partial charge in [-0.1, -0.05) is 18.2 Å². The Labute approximate surface area is 170 Å². The molecule has 6 nitrogen and oxygen atoms in total. The van der Waals surface area contributed by atoms with Gasteiger partial charge in [0.25, 0.3) is 0 Å². The zero-order valence-corrected chi connectivity index (χ0v) is 17.3. The Balaban J connectivity index is 1.73. The van der Waals surface area contributed by atoms with Gasteiger partial charge in [-0.2, -0.15) is 5.10 Å². The molecular formula is C20H19IN2O4. The number of rotatable bonds is 6. The number of nitrogens with zero attached hydrogens (tertiary/aromatic N) is 1. The number of methoxy groups -OCH3 is 1. The van der Waals surface area contributed by atoms with Gasteiger partial charge in [0.05, 0.1) is 23.0 Å². The third-order valence-corrected chi connectivity index (χ3v) is 4.44. The van der Waals surface area contributed by atoms with Gasteiger partial charge in [-0.25, -0.2) is 5.43 Å². The number of para-hydroxylation sites is 1. The quantitative estimate of drug-likeness (QED) is 0.320. The van der Waals surface area contributed by atoms with Crippen LogP contribution in [0.4, 0.5) is 0 Å². The number of halogens is 1. The molecule has 1 heterocycles. The van der Waals surface area contributed by atoms with Crippen molar-refractivity contribution in [3.63, 3.8) is 0 Å². The Kier molecular flexibility index (Phi) is 6.00. The molecule has 7 heteroatoms. The predicted octanol–water partition coefficient (Wildman–Crippen LogP) is 4.60. The van der Waals surface area contributed by atoms with Gasteiger partial charge >= 0.3 is 5.91 Å². The molecule has 0 aliphatic rings. The van der Waals surface area contributed by atoms with Gasteiger partial charge in [0.15, 0.2) is 17.3 Å². The highest BCUT2D eigenvalue weighted by Crippen LogP contribution is 2.34. The summed E-state index contributed by atoms with van der Waals surface area (Å²) in [6.07, 6.45) is 1.58. The van der Waals surface area contributed by atoms with Crippen LogP contribution in [0, 0.1) is 3.57 Å². The van der Waals surface area contributed by atoms with E-state index in [0.717, 1.165) is 14.5 Å². The highest BCUT2D eigenvalue weighted by Gasteiger charge is 2.13. The highest BCUT2D eigenvalue weighted by atomic mass is 127. The van der Waals surface area contributed by atoms with E-state index < -0.39 is 5.91 Å². The maximum atomic E-state index is 12.2. The third-order valence-electron chi connectivity index (χ3n) is 3.63. The molecule has 27 heavy (non-hydrogen) atoms. The second-order valence-electron chi connectivity index (χ2n) is 6.05. The number of carbonyl (C=O) groups is 1. The first-order chi connectivity index (χ1) is 13.0. The molecule has 140 valence electrons. The number of nitrogens with one attached hydrogen (secondary N) is 1. The summed E-state index contributed by atoms with van der Waals surface area (Å²) in [6, 6.07) is 12.8. The molecule has 2 aromatic carbocycles. The van der Waals surface area contributed by atoms with Crippen molar-refractivity contribution in [2.45, 2.75) is 20.0 Å². The van der Waals surface area contributed by atoms with E-state index >= 15 is 0 Å². The first kappa shape index (κ1) is 19.2. The molecule has 0 saturated carbocycles. The van der Waals surface area contributed by atoms with Gasteiger partial charge in [-0.15, -0.1) is 0 Å². The lowest BCUT2D eigenvalue weighted by Gasteiger charge is -2.15. The fourth-order valence-electron chi connectivity index (χ4n) is 2.48. The molecule has 1 N–H and O–H groups in total. The summed E-state index contributed by atoms with van der Waals surface area (Å²) in [5, 5.41) is 4.88. The van der Waals surface area contributed by atoms with Crippen LogP contribution >= 0.6 is 22.6 Å². The number of hydrazone groups is 1. The number of hydrogen-bond donors (Lipinski definition) is 1. The SMILES string of the molecule is COc1cc(/C=N/NC(=O)c2cc3ccccc3o2)cc(I)c1OC(C)C. The molecular weight excluding hydrogens is 459 g/mol. The lowest BCUT2D eigenvalue weighted by Crippen LogP contribution is -2.16. The van der Waals surface area contributed by atoms with E-state index in [9.17, 15) is 4.79 Å². The smallest absolute Gasteiger partial charge is 0.307 e. The van der Waals surface area contributed by atoms with E-state index in [-0.39, 0.29) is 11.9 Å². The molecule has 0 aliphatic carbocycles. The number of furan rings is 1. The molecule has 3 rings (SSSR count). The van der Waals surface area contributed by atoms with Crippen molar-refractivity contribution in [2.75, 3.05) is 7.11 Å². The molecule has 0 saturated heterocycles. The summed E-state index contributed by atoms with van der Waals surface area (Å²) in [5.41, 5.74) is 3.91. The first-order valence-corrected chi connectivity index (χ1v) is 9.42. The Morgan fingerprint density at radius 1 is 1.26 bits per heavy atom. The van der Waals surface area contributed by atoms with Crippen LogP contribution < -0.4 is 14.9 Å². The summed E-state index contributed by atoms with van der Waals surface area (Å²) in [7, 11) is 1.59. The Morgan fingerprint density at radius 2 is 2.04 bits per heavy atom. The minimum atomic E-state index is -0.413. The maximum Gasteiger partial charge on any atom is 0.307 e. The summed E-state index contributed by atoms with van der Waals surface area (Å²) in [6.45, 7) is 3.91. The van der Waals surface area contributed by atoms with E-state index in [4.69, 9.17) is 13.9 Å². The minimum Gasteiger partial charge on any atom is -0.493 e. The standard InChI is InChI=1S/C20H19IN2O4/c1-12(2)26-19-15(21)8-13(9-17(19)25-3)11-22-23-20(24)18-10-14-6-4-5-7-16(14)27-18/h4-12H,1-3H3,(H,23,24)/b22-11+. The molecule has 0 spiro atoms. The molecule has 1 amide bonds. The number of carbonyl (C=O) groups excluding carboxylic acids is 1. The van der Waals surface area contributed by atoms with Gasteiger partial charge in [-0.05, 0) is 66.3 Å². The number of amides is 1. The third kappa shape index (κ3) is 4.60. The summed E-state index contributed by atoms with van der Waals surface area (Å²) in [4.78, 5) is 12.2. The molecule has 0 aliphatic heterocycles. The molecule has 0 atom stereocenters. The molecule has 3 aromatic rings. The van der Waals surface area contributed by atoms with Crippen molar-refractivity contribution in [3.8, 4) is 11.5 Å². The monoisotopic (exact) mass is 478 g/mol. The molecule has 1 aromatic heterocycles. The van der Waals surface area contributed by atoms with Gasteiger partial charge in [-0.3, -0.25) is 4.79 Å². The van der Waals surface area contributed by atoms with Crippen LogP contribution in [0.5, 0.6) is 11.5 Å². The molecule has 0 bridgehead atoms. The van der Waals surface area contributed by atoms with Crippen molar-refractivity contribution in [1.29, 1.82) is 0 Å². The predicted molar refractivity (Wildman–Crippen MR) is 113 cm³/mol. The van der Waals surface area contributed by atoms with Crippen molar-refractivity contribution < 1.29 is 18.7 Å². The second-order valence-corrected chi connectivity index (χ2v) is 7.21. The first-order valence-electron chi connectivity index (χ1n) is 8.34. The van der Waals surface area contributed by atoms with Crippen molar-refractivity contribution >= 4 is 45.7 Å². The fraction of sp³-hybridized carbons (Fsp3) is 0.200. The van der Waals surface area contributed by atoms with Crippen LogP contribution in [0.3, 0.4) is 0 Å². The van der Waals surface area contributed by atoms with E-state index in [0.29, 0.717) is 17.1 Å². The normalized spacial score (nSPS) is 11.3. The average Bonchev–Trinajstić information content (AvgIpc) is 3.07. The van der Waals surface area contributed by atoms with Gasteiger partial charge in [0.2, 0.25) is 0 Å². The summed E-state index contributed by atoms with van der Waals surface area (Å²) in [5.74, 6) is 1.10. The van der Waals surface area contributed by atoms with Gasteiger partial charge in [0.1, 0.15) is 5.58 Å². The van der Waals surface area contributed by atoms with Crippen LogP contribution in [-0.4, -0.2) is 25.3 Å². The van der Waals surface area contributed by atoms with Gasteiger partial charge in [0, 0.05) is 5.39 Å². The summed E-state index contributed by atoms with van der Waals surface area (Å²) < 4.78 is 17.6. The summed E-state index contributed by atoms with van der Waals surface area (Å²) >= 11 is 2.18. The van der Waals surface area contributed by atoms with Gasteiger partial charge < -0.3 is 13.9 Å². The number of hydrogen-bond acceptors (Lipinski definition) is 5. The van der Waals surface area contributed by atoms with Crippen LogP contribution in [0.1, 0.15) is 30.0 Å². The number of benzene rings is 2. The number of fused-ring (bicyclic) bond motifs is 1. The van der Waals surface area contributed by atoms with E-state index in [1.807, 2.05) is 44.2 Å². The van der Waals surface area contributed by atoms with Crippen LogP contribution in [0.25, 0.3) is 11.0 Å². The van der Waals surface area contributed by atoms with E-state index in [1.165, 1.54) is 0 Å².